The third-order valence-electron chi connectivity index (χ3n) is 5.40. The molecule has 1 N–H and O–H groups in total. The van der Waals surface area contributed by atoms with Gasteiger partial charge in [-0.1, -0.05) is 34.6 Å². The highest BCUT2D eigenvalue weighted by molar-refractivity contribution is 5.17. The van der Waals surface area contributed by atoms with Crippen molar-refractivity contribution in [2.75, 3.05) is 19.8 Å². The first kappa shape index (κ1) is 12.4. The van der Waals surface area contributed by atoms with Crippen LogP contribution in [0.1, 0.15) is 41.0 Å². The molecule has 0 bridgehead atoms. The van der Waals surface area contributed by atoms with Crippen molar-refractivity contribution in [3.63, 3.8) is 0 Å². The Hall–Kier alpha value is -0.0800. The molecule has 1 aliphatic carbocycles. The Morgan fingerprint density at radius 3 is 2.25 bits per heavy atom. The van der Waals surface area contributed by atoms with Gasteiger partial charge in [-0.15, -0.1) is 0 Å². The lowest BCUT2D eigenvalue weighted by molar-refractivity contribution is 0.169. The first-order chi connectivity index (χ1) is 7.43. The molecule has 2 unspecified atom stereocenters. The summed E-state index contributed by atoms with van der Waals surface area (Å²) >= 11 is 0. The molecule has 94 valence electrons. The molecule has 0 amide bonds. The van der Waals surface area contributed by atoms with Gasteiger partial charge in [0.05, 0.1) is 6.61 Å². The van der Waals surface area contributed by atoms with Crippen LogP contribution in [-0.2, 0) is 4.74 Å². The van der Waals surface area contributed by atoms with Gasteiger partial charge in [0.1, 0.15) is 0 Å². The summed E-state index contributed by atoms with van der Waals surface area (Å²) in [5.41, 5.74) is 0.949. The van der Waals surface area contributed by atoms with Crippen LogP contribution in [0, 0.1) is 22.7 Å². The van der Waals surface area contributed by atoms with Gasteiger partial charge in [0.15, 0.2) is 0 Å². The molecule has 2 rings (SSSR count). The highest BCUT2D eigenvalue weighted by Gasteiger charge is 2.67. The van der Waals surface area contributed by atoms with Crippen LogP contribution < -0.4 is 5.32 Å². The predicted molar refractivity (Wildman–Crippen MR) is 67.4 cm³/mol. The summed E-state index contributed by atoms with van der Waals surface area (Å²) in [6, 6.07) is 0.650. The van der Waals surface area contributed by atoms with Crippen molar-refractivity contribution in [2.24, 2.45) is 22.7 Å². The summed E-state index contributed by atoms with van der Waals surface area (Å²) in [4.78, 5) is 0. The summed E-state index contributed by atoms with van der Waals surface area (Å²) in [6.07, 6.45) is 1.24. The van der Waals surface area contributed by atoms with Crippen molar-refractivity contribution in [2.45, 2.75) is 47.1 Å². The van der Waals surface area contributed by atoms with Gasteiger partial charge >= 0.3 is 0 Å². The number of ether oxygens (including phenoxy) is 1. The molecule has 0 spiro atoms. The zero-order chi connectivity index (χ0) is 12.0. The molecule has 1 aliphatic heterocycles. The van der Waals surface area contributed by atoms with Crippen molar-refractivity contribution < 1.29 is 4.74 Å². The van der Waals surface area contributed by atoms with E-state index < -0.39 is 0 Å². The number of hydrogen-bond donors (Lipinski definition) is 1. The third kappa shape index (κ3) is 1.70. The summed E-state index contributed by atoms with van der Waals surface area (Å²) < 4.78 is 5.56. The minimum Gasteiger partial charge on any atom is -0.381 e. The van der Waals surface area contributed by atoms with E-state index in [1.54, 1.807) is 0 Å². The van der Waals surface area contributed by atoms with E-state index in [1.165, 1.54) is 6.42 Å². The first-order valence-electron chi connectivity index (χ1n) is 6.74. The van der Waals surface area contributed by atoms with Crippen LogP contribution in [0.3, 0.4) is 0 Å². The largest absolute Gasteiger partial charge is 0.381 e. The van der Waals surface area contributed by atoms with Crippen molar-refractivity contribution in [1.82, 2.24) is 5.32 Å². The van der Waals surface area contributed by atoms with Crippen LogP contribution in [0.5, 0.6) is 0 Å². The molecule has 0 aromatic rings. The topological polar surface area (TPSA) is 21.3 Å². The molecule has 2 aliphatic rings. The van der Waals surface area contributed by atoms with Crippen LogP contribution in [0.4, 0.5) is 0 Å². The van der Waals surface area contributed by atoms with Crippen LogP contribution in [0.15, 0.2) is 0 Å². The van der Waals surface area contributed by atoms with E-state index in [2.05, 4.69) is 39.9 Å². The number of nitrogens with one attached hydrogen (secondary N) is 1. The van der Waals surface area contributed by atoms with E-state index in [0.29, 0.717) is 16.9 Å². The van der Waals surface area contributed by atoms with Gasteiger partial charge < -0.3 is 10.1 Å². The molecule has 0 radical (unpaired) electrons. The van der Waals surface area contributed by atoms with Crippen molar-refractivity contribution in [1.29, 1.82) is 0 Å². The van der Waals surface area contributed by atoms with Crippen molar-refractivity contribution in [3.8, 4) is 0 Å². The quantitative estimate of drug-likeness (QED) is 0.794. The second kappa shape index (κ2) is 3.99. The lowest BCUT2D eigenvalue weighted by Gasteiger charge is -2.25. The van der Waals surface area contributed by atoms with Gasteiger partial charge in [-0.05, 0) is 29.7 Å². The molecule has 2 heteroatoms. The van der Waals surface area contributed by atoms with E-state index in [-0.39, 0.29) is 0 Å². The zero-order valence-electron chi connectivity index (χ0n) is 11.5. The molecular formula is C14H27NO. The smallest absolute Gasteiger partial charge is 0.0510 e. The van der Waals surface area contributed by atoms with E-state index in [9.17, 15) is 0 Å². The average Bonchev–Trinajstić information content (AvgIpc) is 2.64. The maximum absolute atomic E-state index is 5.56. The molecule has 2 fully saturated rings. The lowest BCUT2D eigenvalue weighted by atomic mass is 9.90. The van der Waals surface area contributed by atoms with Crippen LogP contribution in [0.2, 0.25) is 0 Å². The zero-order valence-corrected chi connectivity index (χ0v) is 11.5. The van der Waals surface area contributed by atoms with Gasteiger partial charge in [0.25, 0.3) is 0 Å². The minimum absolute atomic E-state index is 0.475. The van der Waals surface area contributed by atoms with Crippen molar-refractivity contribution in [3.05, 3.63) is 0 Å². The Bertz CT molecular complexity index is 239. The summed E-state index contributed by atoms with van der Waals surface area (Å²) in [6.45, 7) is 14.9. The maximum Gasteiger partial charge on any atom is 0.0510 e. The molecule has 1 heterocycles. The van der Waals surface area contributed by atoms with Gasteiger partial charge in [-0.25, -0.2) is 0 Å². The molecule has 1 saturated heterocycles. The maximum atomic E-state index is 5.56. The van der Waals surface area contributed by atoms with E-state index in [1.807, 2.05) is 0 Å². The second-order valence-electron chi connectivity index (χ2n) is 6.63. The van der Waals surface area contributed by atoms with E-state index in [4.69, 9.17) is 4.74 Å². The Kier molecular flexibility index (Phi) is 3.09. The fourth-order valence-corrected chi connectivity index (χ4v) is 3.77. The van der Waals surface area contributed by atoms with Gasteiger partial charge in [-0.2, -0.15) is 0 Å². The Labute approximate surface area is 100 Å². The van der Waals surface area contributed by atoms with Crippen LogP contribution >= 0.6 is 0 Å². The number of hydrogen-bond acceptors (Lipinski definition) is 2. The first-order valence-corrected chi connectivity index (χ1v) is 6.74. The SMILES string of the molecule is CCNC(C1CCOC1)C1C(C)(C)C1(C)C. The normalized spacial score (nSPS) is 33.9. The highest BCUT2D eigenvalue weighted by Crippen LogP contribution is 2.70. The fourth-order valence-electron chi connectivity index (χ4n) is 3.77. The molecule has 16 heavy (non-hydrogen) atoms. The van der Waals surface area contributed by atoms with Crippen molar-refractivity contribution >= 4 is 0 Å². The monoisotopic (exact) mass is 225 g/mol. The van der Waals surface area contributed by atoms with Gasteiger partial charge in [0.2, 0.25) is 0 Å². The van der Waals surface area contributed by atoms with Gasteiger partial charge in [0, 0.05) is 18.6 Å². The molecule has 2 nitrogen and oxygen atoms in total. The predicted octanol–water partition coefficient (Wildman–Crippen LogP) is 2.68. The minimum atomic E-state index is 0.475. The molecule has 1 saturated carbocycles. The van der Waals surface area contributed by atoms with E-state index in [0.717, 1.165) is 31.6 Å². The van der Waals surface area contributed by atoms with Crippen LogP contribution in [-0.4, -0.2) is 25.8 Å². The lowest BCUT2D eigenvalue weighted by Crippen LogP contribution is -2.40. The fraction of sp³-hybridized carbons (Fsp3) is 1.00. The Morgan fingerprint density at radius 2 is 1.88 bits per heavy atom. The van der Waals surface area contributed by atoms with E-state index >= 15 is 0 Å². The van der Waals surface area contributed by atoms with Crippen LogP contribution in [0.25, 0.3) is 0 Å². The third-order valence-corrected chi connectivity index (χ3v) is 5.40. The second-order valence-corrected chi connectivity index (χ2v) is 6.63. The summed E-state index contributed by atoms with van der Waals surface area (Å²) in [5, 5.41) is 3.72. The summed E-state index contributed by atoms with van der Waals surface area (Å²) in [5.74, 6) is 1.53. The highest BCUT2D eigenvalue weighted by atomic mass is 16.5. The molecule has 2 atom stereocenters. The Balaban J connectivity index is 2.09. The Morgan fingerprint density at radius 1 is 1.25 bits per heavy atom. The van der Waals surface area contributed by atoms with Gasteiger partial charge in [-0.3, -0.25) is 0 Å². The molecule has 0 aromatic heterocycles. The average molecular weight is 225 g/mol. The molecular weight excluding hydrogens is 198 g/mol. The molecule has 0 aromatic carbocycles. The standard InChI is InChI=1S/C14H27NO/c1-6-15-11(10-7-8-16-9-10)12-13(2,3)14(12,4)5/h10-12,15H,6-9H2,1-5H3. The number of rotatable bonds is 4. The summed E-state index contributed by atoms with van der Waals surface area (Å²) in [7, 11) is 0.